The van der Waals surface area contributed by atoms with E-state index in [0.29, 0.717) is 18.0 Å². The van der Waals surface area contributed by atoms with Crippen LogP contribution in [-0.2, 0) is 0 Å². The summed E-state index contributed by atoms with van der Waals surface area (Å²) in [6.45, 7) is 8.47. The van der Waals surface area contributed by atoms with Crippen LogP contribution in [0.3, 0.4) is 0 Å². The Bertz CT molecular complexity index is 561. The van der Waals surface area contributed by atoms with Gasteiger partial charge < -0.3 is 9.84 Å². The molecule has 2 heterocycles. The molecule has 2 rings (SSSR count). The highest BCUT2D eigenvalue weighted by Gasteiger charge is 2.20. The number of likely N-dealkylation sites (N-methyl/N-ethyl adjacent to an activating group) is 1. The quantitative estimate of drug-likeness (QED) is 0.854. The van der Waals surface area contributed by atoms with Crippen LogP contribution in [0.1, 0.15) is 41.7 Å². The lowest BCUT2D eigenvalue weighted by Crippen LogP contribution is -2.38. The smallest absolute Gasteiger partial charge is 0.273 e. The molecular formula is C15H21N3O2S. The second-order valence-electron chi connectivity index (χ2n) is 4.83. The van der Waals surface area contributed by atoms with Gasteiger partial charge in [-0.15, -0.1) is 0 Å². The van der Waals surface area contributed by atoms with Crippen LogP contribution in [0.15, 0.2) is 27.4 Å². The average molecular weight is 307 g/mol. The molecular weight excluding hydrogens is 286 g/mol. The minimum Gasteiger partial charge on any atom is -0.361 e. The lowest BCUT2D eigenvalue weighted by atomic mass is 10.1. The molecule has 0 unspecified atom stereocenters. The van der Waals surface area contributed by atoms with E-state index in [4.69, 9.17) is 4.52 Å². The van der Waals surface area contributed by atoms with Gasteiger partial charge in [-0.25, -0.2) is 0 Å². The molecule has 0 fully saturated rings. The zero-order valence-corrected chi connectivity index (χ0v) is 13.4. The van der Waals surface area contributed by atoms with Gasteiger partial charge in [0.1, 0.15) is 5.76 Å². The number of hydrogen-bond donors (Lipinski definition) is 1. The molecule has 5 nitrogen and oxygen atoms in total. The van der Waals surface area contributed by atoms with Crippen molar-refractivity contribution < 1.29 is 9.32 Å². The Labute approximate surface area is 128 Å². The van der Waals surface area contributed by atoms with Crippen molar-refractivity contribution in [1.29, 1.82) is 0 Å². The fourth-order valence-electron chi connectivity index (χ4n) is 2.34. The Balaban J connectivity index is 2.04. The predicted octanol–water partition coefficient (Wildman–Crippen LogP) is 2.86. The molecule has 2 aromatic heterocycles. The van der Waals surface area contributed by atoms with Crippen LogP contribution < -0.4 is 5.32 Å². The Morgan fingerprint density at radius 3 is 2.76 bits per heavy atom. The Hall–Kier alpha value is -1.66. The van der Waals surface area contributed by atoms with Gasteiger partial charge >= 0.3 is 0 Å². The van der Waals surface area contributed by atoms with Crippen molar-refractivity contribution in [3.8, 4) is 0 Å². The summed E-state index contributed by atoms with van der Waals surface area (Å²) in [7, 11) is 0. The summed E-state index contributed by atoms with van der Waals surface area (Å²) < 4.78 is 4.93. The van der Waals surface area contributed by atoms with E-state index in [1.165, 1.54) is 5.56 Å². The summed E-state index contributed by atoms with van der Waals surface area (Å²) in [6.07, 6.45) is 0. The molecule has 0 aliphatic heterocycles. The highest BCUT2D eigenvalue weighted by atomic mass is 32.1. The van der Waals surface area contributed by atoms with Gasteiger partial charge in [-0.3, -0.25) is 9.69 Å². The number of rotatable bonds is 7. The van der Waals surface area contributed by atoms with E-state index in [1.807, 2.05) is 0 Å². The van der Waals surface area contributed by atoms with Crippen molar-refractivity contribution in [3.05, 3.63) is 39.9 Å². The van der Waals surface area contributed by atoms with E-state index in [-0.39, 0.29) is 11.9 Å². The first kappa shape index (κ1) is 15.7. The molecule has 0 aliphatic carbocycles. The van der Waals surface area contributed by atoms with Crippen LogP contribution in [-0.4, -0.2) is 35.6 Å². The molecule has 21 heavy (non-hydrogen) atoms. The van der Waals surface area contributed by atoms with Gasteiger partial charge in [0.15, 0.2) is 5.69 Å². The van der Waals surface area contributed by atoms with Gasteiger partial charge in [-0.1, -0.05) is 19.0 Å². The number of carbonyl (C=O) groups is 1. The van der Waals surface area contributed by atoms with Crippen LogP contribution in [0.2, 0.25) is 0 Å². The highest BCUT2D eigenvalue weighted by Crippen LogP contribution is 2.22. The number of aryl methyl sites for hydroxylation is 1. The molecule has 0 aliphatic rings. The lowest BCUT2D eigenvalue weighted by Gasteiger charge is -2.29. The van der Waals surface area contributed by atoms with Crippen LogP contribution in [0.4, 0.5) is 0 Å². The Kier molecular flexibility index (Phi) is 5.52. The Morgan fingerprint density at radius 2 is 2.24 bits per heavy atom. The summed E-state index contributed by atoms with van der Waals surface area (Å²) in [5.74, 6) is 0.442. The van der Waals surface area contributed by atoms with E-state index in [1.54, 1.807) is 24.3 Å². The third kappa shape index (κ3) is 3.92. The molecule has 0 radical (unpaired) electrons. The van der Waals surface area contributed by atoms with E-state index in [0.717, 1.165) is 13.1 Å². The van der Waals surface area contributed by atoms with Gasteiger partial charge in [0.25, 0.3) is 5.91 Å². The SMILES string of the molecule is CCN(CC)[C@@H](CNC(=O)c1cc(C)on1)c1ccsc1. The van der Waals surface area contributed by atoms with Crippen molar-refractivity contribution in [3.63, 3.8) is 0 Å². The molecule has 1 amide bonds. The average Bonchev–Trinajstić information content (AvgIpc) is 3.14. The molecule has 0 aromatic carbocycles. The number of nitrogens with one attached hydrogen (secondary N) is 1. The minimum atomic E-state index is -0.195. The fourth-order valence-corrected chi connectivity index (χ4v) is 3.05. The molecule has 1 atom stereocenters. The van der Waals surface area contributed by atoms with Crippen LogP contribution >= 0.6 is 11.3 Å². The summed E-state index contributed by atoms with van der Waals surface area (Å²) in [6, 6.07) is 3.94. The summed E-state index contributed by atoms with van der Waals surface area (Å²) >= 11 is 1.67. The van der Waals surface area contributed by atoms with E-state index < -0.39 is 0 Å². The lowest BCUT2D eigenvalue weighted by molar-refractivity contribution is 0.0926. The number of nitrogens with zero attached hydrogens (tertiary/aromatic N) is 2. The van der Waals surface area contributed by atoms with Crippen molar-refractivity contribution in [1.82, 2.24) is 15.4 Å². The molecule has 0 saturated heterocycles. The van der Waals surface area contributed by atoms with Crippen LogP contribution in [0.5, 0.6) is 0 Å². The number of hydrogen-bond acceptors (Lipinski definition) is 5. The Morgan fingerprint density at radius 1 is 1.48 bits per heavy atom. The van der Waals surface area contributed by atoms with Crippen molar-refractivity contribution in [2.24, 2.45) is 0 Å². The van der Waals surface area contributed by atoms with Crippen LogP contribution in [0.25, 0.3) is 0 Å². The maximum Gasteiger partial charge on any atom is 0.273 e. The molecule has 6 heteroatoms. The normalized spacial score (nSPS) is 12.6. The van der Waals surface area contributed by atoms with E-state index in [2.05, 4.69) is 46.0 Å². The summed E-state index contributed by atoms with van der Waals surface area (Å²) in [4.78, 5) is 14.4. The molecule has 0 spiro atoms. The first-order valence-electron chi connectivity index (χ1n) is 7.13. The van der Waals surface area contributed by atoms with Gasteiger partial charge in [-0.05, 0) is 42.4 Å². The topological polar surface area (TPSA) is 58.4 Å². The largest absolute Gasteiger partial charge is 0.361 e. The molecule has 0 bridgehead atoms. The maximum absolute atomic E-state index is 12.1. The first-order valence-corrected chi connectivity index (χ1v) is 8.07. The predicted molar refractivity (Wildman–Crippen MR) is 83.6 cm³/mol. The third-order valence-electron chi connectivity index (χ3n) is 3.50. The molecule has 2 aromatic rings. The summed E-state index contributed by atoms with van der Waals surface area (Å²) in [5, 5.41) is 10.9. The van der Waals surface area contributed by atoms with Gasteiger partial charge in [-0.2, -0.15) is 11.3 Å². The van der Waals surface area contributed by atoms with Gasteiger partial charge in [0.2, 0.25) is 0 Å². The third-order valence-corrected chi connectivity index (χ3v) is 4.20. The second kappa shape index (κ2) is 7.38. The monoisotopic (exact) mass is 307 g/mol. The highest BCUT2D eigenvalue weighted by molar-refractivity contribution is 7.07. The number of thiophene rings is 1. The van der Waals surface area contributed by atoms with Crippen molar-refractivity contribution in [2.75, 3.05) is 19.6 Å². The van der Waals surface area contributed by atoms with E-state index in [9.17, 15) is 4.79 Å². The zero-order valence-electron chi connectivity index (χ0n) is 12.6. The van der Waals surface area contributed by atoms with Crippen molar-refractivity contribution >= 4 is 17.2 Å². The first-order chi connectivity index (χ1) is 10.2. The second-order valence-corrected chi connectivity index (χ2v) is 5.61. The van der Waals surface area contributed by atoms with Crippen molar-refractivity contribution in [2.45, 2.75) is 26.8 Å². The van der Waals surface area contributed by atoms with Gasteiger partial charge in [0.05, 0.1) is 6.04 Å². The number of amides is 1. The fraction of sp³-hybridized carbons (Fsp3) is 0.467. The van der Waals surface area contributed by atoms with Crippen LogP contribution in [0, 0.1) is 6.92 Å². The van der Waals surface area contributed by atoms with Gasteiger partial charge in [0, 0.05) is 12.6 Å². The van der Waals surface area contributed by atoms with E-state index >= 15 is 0 Å². The maximum atomic E-state index is 12.1. The minimum absolute atomic E-state index is 0.184. The zero-order chi connectivity index (χ0) is 15.2. The summed E-state index contributed by atoms with van der Waals surface area (Å²) in [5.41, 5.74) is 1.57. The molecule has 114 valence electrons. The molecule has 1 N–H and O–H groups in total. The standard InChI is InChI=1S/C15H21N3O2S/c1-4-18(5-2)14(12-6-7-21-10-12)9-16-15(19)13-8-11(3)20-17-13/h6-8,10,14H,4-5,9H2,1-3H3,(H,16,19)/t14-/m0/s1. The number of carbonyl (C=O) groups excluding carboxylic acids is 1. The molecule has 0 saturated carbocycles. The number of aromatic nitrogens is 1.